The van der Waals surface area contributed by atoms with E-state index in [1.807, 2.05) is 0 Å². The summed E-state index contributed by atoms with van der Waals surface area (Å²) in [6, 6.07) is 0. The van der Waals surface area contributed by atoms with Crippen LogP contribution < -0.4 is 11.3 Å². The van der Waals surface area contributed by atoms with Gasteiger partial charge in [-0.05, 0) is 20.8 Å². The van der Waals surface area contributed by atoms with Crippen molar-refractivity contribution >= 4 is 18.0 Å². The number of nitrogens with two attached hydrogens (primary N) is 1. The van der Waals surface area contributed by atoms with Gasteiger partial charge in [0.2, 0.25) is 0 Å². The summed E-state index contributed by atoms with van der Waals surface area (Å²) in [4.78, 5) is 32.8. The minimum absolute atomic E-state index is 0.0728. The van der Waals surface area contributed by atoms with Gasteiger partial charge in [-0.1, -0.05) is 0 Å². The third-order valence-electron chi connectivity index (χ3n) is 1.48. The number of hydrazine groups is 1. The Hall–Kier alpha value is -1.83. The van der Waals surface area contributed by atoms with Crippen LogP contribution in [0, 0.1) is 0 Å². The standard InChI is InChI=1S/C9H16N2O6/c1-4-15-6(12)7(13)16-5-9(2,3)17-8(14)11-10/h4-5,10H2,1-3H3,(H,11,14). The highest BCUT2D eigenvalue weighted by Gasteiger charge is 2.27. The third-order valence-corrected chi connectivity index (χ3v) is 1.48. The molecule has 0 rings (SSSR count). The maximum absolute atomic E-state index is 11.1. The summed E-state index contributed by atoms with van der Waals surface area (Å²) >= 11 is 0. The van der Waals surface area contributed by atoms with Crippen LogP contribution in [-0.4, -0.2) is 36.8 Å². The van der Waals surface area contributed by atoms with Gasteiger partial charge in [0.15, 0.2) is 0 Å². The predicted molar refractivity (Wildman–Crippen MR) is 55.5 cm³/mol. The van der Waals surface area contributed by atoms with E-state index < -0.39 is 23.6 Å². The Balaban J connectivity index is 4.13. The van der Waals surface area contributed by atoms with Crippen molar-refractivity contribution in [2.24, 2.45) is 5.84 Å². The van der Waals surface area contributed by atoms with Gasteiger partial charge < -0.3 is 14.2 Å². The average molecular weight is 248 g/mol. The first kappa shape index (κ1) is 15.2. The van der Waals surface area contributed by atoms with Crippen molar-refractivity contribution in [2.75, 3.05) is 13.2 Å². The molecule has 0 aromatic heterocycles. The largest absolute Gasteiger partial charge is 0.458 e. The Labute approximate surface area is 98.3 Å². The first-order chi connectivity index (χ1) is 7.82. The predicted octanol–water partition coefficient (Wildman–Crippen LogP) is -0.529. The molecule has 0 saturated carbocycles. The van der Waals surface area contributed by atoms with Crippen molar-refractivity contribution in [3.63, 3.8) is 0 Å². The number of hydrogen-bond donors (Lipinski definition) is 2. The fourth-order valence-corrected chi connectivity index (χ4v) is 0.798. The van der Waals surface area contributed by atoms with Crippen LogP contribution in [0.3, 0.4) is 0 Å². The topological polar surface area (TPSA) is 117 Å². The molecule has 0 atom stereocenters. The van der Waals surface area contributed by atoms with Crippen LogP contribution >= 0.6 is 0 Å². The molecule has 0 aliphatic carbocycles. The normalized spacial score (nSPS) is 10.4. The molecule has 0 fully saturated rings. The highest BCUT2D eigenvalue weighted by molar-refractivity contribution is 6.29. The average Bonchev–Trinajstić information content (AvgIpc) is 2.25. The van der Waals surface area contributed by atoms with Gasteiger partial charge in [-0.15, -0.1) is 0 Å². The molecule has 1 amide bonds. The van der Waals surface area contributed by atoms with E-state index in [4.69, 9.17) is 10.6 Å². The maximum atomic E-state index is 11.1. The van der Waals surface area contributed by atoms with Crippen LogP contribution in [0.5, 0.6) is 0 Å². The van der Waals surface area contributed by atoms with Gasteiger partial charge in [0.1, 0.15) is 12.2 Å². The molecule has 0 unspecified atom stereocenters. The number of amides is 1. The van der Waals surface area contributed by atoms with Crippen LogP contribution in [0.25, 0.3) is 0 Å². The summed E-state index contributed by atoms with van der Waals surface area (Å²) in [6.45, 7) is 4.31. The molecule has 8 heteroatoms. The smallest absolute Gasteiger partial charge is 0.422 e. The summed E-state index contributed by atoms with van der Waals surface area (Å²) in [5.41, 5.74) is 0.653. The molecule has 17 heavy (non-hydrogen) atoms. The van der Waals surface area contributed by atoms with Crippen LogP contribution in [-0.2, 0) is 23.8 Å². The van der Waals surface area contributed by atoms with E-state index in [9.17, 15) is 14.4 Å². The summed E-state index contributed by atoms with van der Waals surface area (Å²) in [6.07, 6.45) is -0.873. The zero-order chi connectivity index (χ0) is 13.5. The fourth-order valence-electron chi connectivity index (χ4n) is 0.798. The number of ether oxygens (including phenoxy) is 3. The minimum atomic E-state index is -1.14. The lowest BCUT2D eigenvalue weighted by atomic mass is 10.1. The van der Waals surface area contributed by atoms with Crippen molar-refractivity contribution in [3.8, 4) is 0 Å². The molecule has 98 valence electrons. The molecule has 0 aliphatic heterocycles. The first-order valence-corrected chi connectivity index (χ1v) is 4.86. The zero-order valence-corrected chi connectivity index (χ0v) is 9.94. The highest BCUT2D eigenvalue weighted by Crippen LogP contribution is 2.09. The molecule has 8 nitrogen and oxygen atoms in total. The summed E-state index contributed by atoms with van der Waals surface area (Å²) < 4.78 is 13.8. The van der Waals surface area contributed by atoms with E-state index in [2.05, 4.69) is 9.47 Å². The van der Waals surface area contributed by atoms with Crippen LogP contribution in [0.1, 0.15) is 20.8 Å². The molecule has 3 N–H and O–H groups in total. The zero-order valence-electron chi connectivity index (χ0n) is 9.94. The lowest BCUT2D eigenvalue weighted by Gasteiger charge is -2.23. The van der Waals surface area contributed by atoms with Gasteiger partial charge in [0, 0.05) is 0 Å². The van der Waals surface area contributed by atoms with E-state index >= 15 is 0 Å². The molecular formula is C9H16N2O6. The molecule has 0 saturated heterocycles. The SMILES string of the molecule is CCOC(=O)C(=O)OCC(C)(C)OC(=O)NN. The first-order valence-electron chi connectivity index (χ1n) is 4.86. The van der Waals surface area contributed by atoms with Crippen molar-refractivity contribution in [2.45, 2.75) is 26.4 Å². The minimum Gasteiger partial charge on any atom is -0.458 e. The summed E-state index contributed by atoms with van der Waals surface area (Å²) in [5.74, 6) is 2.58. The second-order valence-corrected chi connectivity index (χ2v) is 3.59. The molecule has 0 bridgehead atoms. The van der Waals surface area contributed by atoms with Crippen LogP contribution in [0.4, 0.5) is 4.79 Å². The second-order valence-electron chi connectivity index (χ2n) is 3.59. The van der Waals surface area contributed by atoms with Gasteiger partial charge in [-0.2, -0.15) is 0 Å². The number of nitrogens with one attached hydrogen (secondary N) is 1. The second kappa shape index (κ2) is 6.69. The van der Waals surface area contributed by atoms with E-state index in [1.165, 1.54) is 13.8 Å². The molecule has 0 aromatic carbocycles. The van der Waals surface area contributed by atoms with Gasteiger partial charge in [0.05, 0.1) is 6.61 Å². The quantitative estimate of drug-likeness (QED) is 0.171. The Kier molecular flexibility index (Phi) is 5.97. The van der Waals surface area contributed by atoms with Gasteiger partial charge in [-0.3, -0.25) is 5.43 Å². The van der Waals surface area contributed by atoms with Gasteiger partial charge >= 0.3 is 18.0 Å². The molecule has 0 aliphatic rings. The number of carbonyl (C=O) groups is 3. The van der Waals surface area contributed by atoms with Crippen LogP contribution in [0.15, 0.2) is 0 Å². The summed E-state index contributed by atoms with van der Waals surface area (Å²) in [7, 11) is 0. The number of rotatable bonds is 4. The number of carbonyl (C=O) groups excluding carboxylic acids is 3. The van der Waals surface area contributed by atoms with E-state index in [-0.39, 0.29) is 13.2 Å². The monoisotopic (exact) mass is 248 g/mol. The van der Waals surface area contributed by atoms with Crippen LogP contribution in [0.2, 0.25) is 0 Å². The van der Waals surface area contributed by atoms with E-state index in [0.29, 0.717) is 0 Å². The van der Waals surface area contributed by atoms with Gasteiger partial charge in [-0.25, -0.2) is 20.2 Å². The lowest BCUT2D eigenvalue weighted by Crippen LogP contribution is -2.41. The van der Waals surface area contributed by atoms with E-state index in [0.717, 1.165) is 0 Å². The Morgan fingerprint density at radius 1 is 1.18 bits per heavy atom. The molecular weight excluding hydrogens is 232 g/mol. The molecule has 0 radical (unpaired) electrons. The van der Waals surface area contributed by atoms with Gasteiger partial charge in [0.25, 0.3) is 0 Å². The Morgan fingerprint density at radius 2 is 1.71 bits per heavy atom. The third kappa shape index (κ3) is 6.36. The lowest BCUT2D eigenvalue weighted by molar-refractivity contribution is -0.170. The number of esters is 2. The van der Waals surface area contributed by atoms with Crippen molar-refractivity contribution in [1.82, 2.24) is 5.43 Å². The van der Waals surface area contributed by atoms with E-state index in [1.54, 1.807) is 12.3 Å². The number of hydrogen-bond acceptors (Lipinski definition) is 7. The Morgan fingerprint density at radius 3 is 2.18 bits per heavy atom. The molecule has 0 aromatic rings. The Bertz CT molecular complexity index is 302. The summed E-state index contributed by atoms with van der Waals surface area (Å²) in [5, 5.41) is 0. The highest BCUT2D eigenvalue weighted by atomic mass is 16.6. The van der Waals surface area contributed by atoms with Crippen molar-refractivity contribution in [1.29, 1.82) is 0 Å². The molecule has 0 spiro atoms. The fraction of sp³-hybridized carbons (Fsp3) is 0.667. The molecule has 0 heterocycles. The maximum Gasteiger partial charge on any atom is 0.422 e. The van der Waals surface area contributed by atoms with Crippen molar-refractivity contribution < 1.29 is 28.6 Å². The van der Waals surface area contributed by atoms with Crippen molar-refractivity contribution in [3.05, 3.63) is 0 Å².